The first-order chi connectivity index (χ1) is 15.5. The second-order valence-corrected chi connectivity index (χ2v) is 7.83. The van der Waals surface area contributed by atoms with E-state index in [0.29, 0.717) is 23.1 Å². The van der Waals surface area contributed by atoms with Crippen molar-refractivity contribution in [2.45, 2.75) is 26.6 Å². The molecule has 4 aromatic rings. The number of imidazole rings is 1. The first-order valence-electron chi connectivity index (χ1n) is 10.3. The number of para-hydroxylation sites is 2. The van der Waals surface area contributed by atoms with Crippen LogP contribution in [0.5, 0.6) is 11.5 Å². The van der Waals surface area contributed by atoms with Gasteiger partial charge in [-0.1, -0.05) is 35.9 Å². The molecule has 0 atom stereocenters. The van der Waals surface area contributed by atoms with Crippen LogP contribution in [0.25, 0.3) is 11.0 Å². The second-order valence-electron chi connectivity index (χ2n) is 7.43. The number of fused-ring (bicyclic) bond motifs is 1. The van der Waals surface area contributed by atoms with Crippen LogP contribution in [-0.4, -0.2) is 22.6 Å². The summed E-state index contributed by atoms with van der Waals surface area (Å²) in [6, 6.07) is 20.9. The molecule has 1 amide bonds. The molecule has 4 rings (SSSR count). The summed E-state index contributed by atoms with van der Waals surface area (Å²) in [5.41, 5.74) is 3.64. The number of rotatable bonds is 8. The van der Waals surface area contributed by atoms with Gasteiger partial charge in [-0.25, -0.2) is 4.98 Å². The SMILES string of the molecule is COc1ccc(CNC(=O)Cn2c(COc3ccc(Cl)c(C)c3)nc3ccccc32)cc1. The molecule has 0 unspecified atom stereocenters. The number of nitrogens with zero attached hydrogens (tertiary/aromatic N) is 2. The predicted molar refractivity (Wildman–Crippen MR) is 125 cm³/mol. The molecule has 164 valence electrons. The number of carbonyl (C=O) groups is 1. The zero-order valence-corrected chi connectivity index (χ0v) is 18.7. The Kier molecular flexibility index (Phi) is 6.61. The summed E-state index contributed by atoms with van der Waals surface area (Å²) in [6.45, 7) is 2.75. The Hall–Kier alpha value is -3.51. The standard InChI is InChI=1S/C25H24ClN3O3/c1-17-13-20(11-12-21(17)26)32-16-24-28-22-5-3-4-6-23(22)29(24)15-25(30)27-14-18-7-9-19(31-2)10-8-18/h3-13H,14-16H2,1-2H3,(H,27,30). The normalized spacial score (nSPS) is 10.8. The minimum Gasteiger partial charge on any atom is -0.497 e. The zero-order chi connectivity index (χ0) is 22.5. The minimum absolute atomic E-state index is 0.104. The lowest BCUT2D eigenvalue weighted by molar-refractivity contribution is -0.121. The number of hydrogen-bond donors (Lipinski definition) is 1. The summed E-state index contributed by atoms with van der Waals surface area (Å²) in [4.78, 5) is 17.4. The minimum atomic E-state index is -0.104. The largest absolute Gasteiger partial charge is 0.497 e. The highest BCUT2D eigenvalue weighted by Gasteiger charge is 2.14. The maximum absolute atomic E-state index is 12.7. The fourth-order valence-corrected chi connectivity index (χ4v) is 3.53. The van der Waals surface area contributed by atoms with E-state index in [1.165, 1.54) is 0 Å². The summed E-state index contributed by atoms with van der Waals surface area (Å²) in [5, 5.41) is 3.66. The van der Waals surface area contributed by atoms with E-state index in [4.69, 9.17) is 21.1 Å². The van der Waals surface area contributed by atoms with Crippen molar-refractivity contribution in [2.24, 2.45) is 0 Å². The molecule has 0 aliphatic heterocycles. The number of carbonyl (C=O) groups excluding carboxylic acids is 1. The van der Waals surface area contributed by atoms with Crippen LogP contribution in [0.2, 0.25) is 5.02 Å². The van der Waals surface area contributed by atoms with Gasteiger partial charge in [-0.2, -0.15) is 0 Å². The van der Waals surface area contributed by atoms with Crippen molar-refractivity contribution in [2.75, 3.05) is 7.11 Å². The molecule has 0 aliphatic carbocycles. The van der Waals surface area contributed by atoms with Gasteiger partial charge >= 0.3 is 0 Å². The summed E-state index contributed by atoms with van der Waals surface area (Å²) in [7, 11) is 1.63. The fourth-order valence-electron chi connectivity index (χ4n) is 3.41. The number of methoxy groups -OCH3 is 1. The van der Waals surface area contributed by atoms with Crippen LogP contribution in [-0.2, 0) is 24.5 Å². The molecule has 1 N–H and O–H groups in total. The molecular weight excluding hydrogens is 426 g/mol. The molecule has 6 nitrogen and oxygen atoms in total. The van der Waals surface area contributed by atoms with E-state index in [2.05, 4.69) is 10.3 Å². The van der Waals surface area contributed by atoms with Crippen molar-refractivity contribution in [3.05, 3.63) is 88.7 Å². The van der Waals surface area contributed by atoms with Crippen LogP contribution < -0.4 is 14.8 Å². The van der Waals surface area contributed by atoms with E-state index in [-0.39, 0.29) is 19.1 Å². The highest BCUT2D eigenvalue weighted by Crippen LogP contribution is 2.23. The monoisotopic (exact) mass is 449 g/mol. The van der Waals surface area contributed by atoms with Crippen LogP contribution in [0.15, 0.2) is 66.7 Å². The lowest BCUT2D eigenvalue weighted by Crippen LogP contribution is -2.28. The van der Waals surface area contributed by atoms with Crippen molar-refractivity contribution in [3.8, 4) is 11.5 Å². The van der Waals surface area contributed by atoms with Crippen molar-refractivity contribution < 1.29 is 14.3 Å². The molecule has 1 aromatic heterocycles. The Morgan fingerprint density at radius 1 is 1.06 bits per heavy atom. The Bertz CT molecular complexity index is 1240. The van der Waals surface area contributed by atoms with Gasteiger partial charge in [0.1, 0.15) is 30.5 Å². The van der Waals surface area contributed by atoms with Crippen molar-refractivity contribution >= 4 is 28.5 Å². The van der Waals surface area contributed by atoms with E-state index in [1.54, 1.807) is 7.11 Å². The van der Waals surface area contributed by atoms with E-state index in [0.717, 1.165) is 27.9 Å². The molecule has 0 fully saturated rings. The first-order valence-corrected chi connectivity index (χ1v) is 10.6. The molecule has 0 saturated carbocycles. The summed E-state index contributed by atoms with van der Waals surface area (Å²) in [6.07, 6.45) is 0. The molecule has 0 spiro atoms. The topological polar surface area (TPSA) is 65.4 Å². The molecule has 7 heteroatoms. The highest BCUT2D eigenvalue weighted by molar-refractivity contribution is 6.31. The van der Waals surface area contributed by atoms with Crippen molar-refractivity contribution in [1.29, 1.82) is 0 Å². The molecule has 3 aromatic carbocycles. The number of aromatic nitrogens is 2. The lowest BCUT2D eigenvalue weighted by Gasteiger charge is -2.12. The first kappa shape index (κ1) is 21.7. The number of aryl methyl sites for hydroxylation is 1. The van der Waals surface area contributed by atoms with Gasteiger partial charge in [-0.15, -0.1) is 0 Å². The number of hydrogen-bond acceptors (Lipinski definition) is 4. The van der Waals surface area contributed by atoms with E-state index in [9.17, 15) is 4.79 Å². The fraction of sp³-hybridized carbons (Fsp3) is 0.200. The number of halogens is 1. The summed E-state index contributed by atoms with van der Waals surface area (Å²) in [5.74, 6) is 2.06. The smallest absolute Gasteiger partial charge is 0.240 e. The van der Waals surface area contributed by atoms with Gasteiger partial charge in [-0.3, -0.25) is 4.79 Å². The van der Waals surface area contributed by atoms with Crippen molar-refractivity contribution in [3.63, 3.8) is 0 Å². The molecule has 0 bridgehead atoms. The third-order valence-corrected chi connectivity index (χ3v) is 5.61. The Labute approximate surface area is 191 Å². The molecule has 0 aliphatic rings. The summed E-state index contributed by atoms with van der Waals surface area (Å²) < 4.78 is 13.0. The Morgan fingerprint density at radius 2 is 1.81 bits per heavy atom. The molecule has 0 saturated heterocycles. The van der Waals surface area contributed by atoms with Crippen LogP contribution in [0, 0.1) is 6.92 Å². The van der Waals surface area contributed by atoms with Gasteiger partial charge < -0.3 is 19.4 Å². The number of benzene rings is 3. The molecular formula is C25H24ClN3O3. The van der Waals surface area contributed by atoms with Crippen LogP contribution in [0.3, 0.4) is 0 Å². The van der Waals surface area contributed by atoms with E-state index < -0.39 is 0 Å². The van der Waals surface area contributed by atoms with E-state index >= 15 is 0 Å². The van der Waals surface area contributed by atoms with Gasteiger partial charge in [-0.05, 0) is 60.5 Å². The average Bonchev–Trinajstić information content (AvgIpc) is 3.16. The van der Waals surface area contributed by atoms with Gasteiger partial charge in [0.05, 0.1) is 18.1 Å². The molecule has 32 heavy (non-hydrogen) atoms. The second kappa shape index (κ2) is 9.75. The highest BCUT2D eigenvalue weighted by atomic mass is 35.5. The van der Waals surface area contributed by atoms with Crippen LogP contribution >= 0.6 is 11.6 Å². The summed E-state index contributed by atoms with van der Waals surface area (Å²) >= 11 is 6.10. The Balaban J connectivity index is 1.47. The number of ether oxygens (including phenoxy) is 2. The zero-order valence-electron chi connectivity index (χ0n) is 18.0. The molecule has 1 heterocycles. The van der Waals surface area contributed by atoms with Crippen LogP contribution in [0.1, 0.15) is 17.0 Å². The van der Waals surface area contributed by atoms with Gasteiger partial charge in [0, 0.05) is 11.6 Å². The van der Waals surface area contributed by atoms with E-state index in [1.807, 2.05) is 78.2 Å². The third kappa shape index (κ3) is 5.03. The number of amides is 1. The third-order valence-electron chi connectivity index (χ3n) is 5.18. The maximum Gasteiger partial charge on any atom is 0.240 e. The maximum atomic E-state index is 12.7. The number of nitrogens with one attached hydrogen (secondary N) is 1. The quantitative estimate of drug-likeness (QED) is 0.415. The predicted octanol–water partition coefficient (Wildman–Crippen LogP) is 4.90. The lowest BCUT2D eigenvalue weighted by atomic mass is 10.2. The van der Waals surface area contributed by atoms with Crippen LogP contribution in [0.4, 0.5) is 0 Å². The van der Waals surface area contributed by atoms with Gasteiger partial charge in [0.2, 0.25) is 5.91 Å². The molecule has 0 radical (unpaired) electrons. The van der Waals surface area contributed by atoms with Gasteiger partial charge in [0.25, 0.3) is 0 Å². The average molecular weight is 450 g/mol. The Morgan fingerprint density at radius 3 is 2.56 bits per heavy atom. The van der Waals surface area contributed by atoms with Crippen molar-refractivity contribution in [1.82, 2.24) is 14.9 Å². The van der Waals surface area contributed by atoms with Gasteiger partial charge in [0.15, 0.2) is 0 Å².